The van der Waals surface area contributed by atoms with Gasteiger partial charge in [-0.15, -0.1) is 6.58 Å². The Morgan fingerprint density at radius 1 is 1.71 bits per heavy atom. The molecule has 0 bridgehead atoms. The van der Waals surface area contributed by atoms with Crippen LogP contribution in [-0.4, -0.2) is 14.9 Å². The summed E-state index contributed by atoms with van der Waals surface area (Å²) in [4.78, 5) is 0. The zero-order valence-corrected chi connectivity index (χ0v) is 8.90. The number of aryl methyl sites for hydroxylation is 1. The molecule has 0 saturated heterocycles. The van der Waals surface area contributed by atoms with Gasteiger partial charge < -0.3 is 5.11 Å². The molecule has 1 aromatic heterocycles. The molecule has 0 spiro atoms. The normalized spacial score (nSPS) is 15.1. The highest BCUT2D eigenvalue weighted by Gasteiger charge is 2.25. The first-order valence-electron chi connectivity index (χ1n) is 4.97. The topological polar surface area (TPSA) is 38.1 Å². The summed E-state index contributed by atoms with van der Waals surface area (Å²) in [6.45, 7) is 8.27. The van der Waals surface area contributed by atoms with Crippen molar-refractivity contribution in [3.8, 4) is 0 Å². The van der Waals surface area contributed by atoms with Gasteiger partial charge in [0.05, 0.1) is 5.69 Å². The molecular formula is C11H18N2O. The molecule has 3 heteroatoms. The molecule has 1 N–H and O–H groups in total. The van der Waals surface area contributed by atoms with Crippen LogP contribution in [-0.2, 0) is 12.1 Å². The molecule has 0 aliphatic rings. The molecule has 1 rings (SSSR count). The van der Waals surface area contributed by atoms with Crippen molar-refractivity contribution in [2.45, 2.75) is 38.8 Å². The average molecular weight is 194 g/mol. The van der Waals surface area contributed by atoms with Crippen LogP contribution in [0.1, 0.15) is 32.4 Å². The largest absolute Gasteiger partial charge is 0.384 e. The van der Waals surface area contributed by atoms with Crippen molar-refractivity contribution < 1.29 is 5.11 Å². The summed E-state index contributed by atoms with van der Waals surface area (Å²) in [7, 11) is 0. The molecule has 0 aliphatic carbocycles. The fourth-order valence-corrected chi connectivity index (χ4v) is 1.55. The van der Waals surface area contributed by atoms with Gasteiger partial charge in [0.15, 0.2) is 0 Å². The minimum absolute atomic E-state index is 0.683. The lowest BCUT2D eigenvalue weighted by molar-refractivity contribution is 0.0395. The van der Waals surface area contributed by atoms with Crippen molar-refractivity contribution in [2.24, 2.45) is 0 Å². The van der Waals surface area contributed by atoms with Gasteiger partial charge in [-0.25, -0.2) is 0 Å². The number of aliphatic hydroxyl groups is 1. The fraction of sp³-hybridized carbons (Fsp3) is 0.545. The predicted molar refractivity (Wildman–Crippen MR) is 56.9 cm³/mol. The van der Waals surface area contributed by atoms with Crippen LogP contribution in [0, 0.1) is 0 Å². The Morgan fingerprint density at radius 3 is 3.00 bits per heavy atom. The molecule has 0 fully saturated rings. The van der Waals surface area contributed by atoms with Crippen molar-refractivity contribution in [1.82, 2.24) is 9.78 Å². The van der Waals surface area contributed by atoms with E-state index in [0.717, 1.165) is 18.7 Å². The molecule has 0 aliphatic heterocycles. The van der Waals surface area contributed by atoms with Gasteiger partial charge >= 0.3 is 0 Å². The van der Waals surface area contributed by atoms with Gasteiger partial charge in [-0.05, 0) is 32.8 Å². The summed E-state index contributed by atoms with van der Waals surface area (Å²) in [5, 5.41) is 14.3. The fourth-order valence-electron chi connectivity index (χ4n) is 1.55. The van der Waals surface area contributed by atoms with Gasteiger partial charge in [-0.2, -0.15) is 5.10 Å². The first-order chi connectivity index (χ1) is 6.61. The molecule has 0 amide bonds. The van der Waals surface area contributed by atoms with Gasteiger partial charge in [0.25, 0.3) is 0 Å². The molecule has 78 valence electrons. The highest BCUT2D eigenvalue weighted by atomic mass is 16.3. The quantitative estimate of drug-likeness (QED) is 0.729. The zero-order valence-electron chi connectivity index (χ0n) is 8.90. The first kappa shape index (κ1) is 11.0. The Balaban J connectivity index is 2.84. The van der Waals surface area contributed by atoms with E-state index >= 15 is 0 Å². The Bertz CT molecular complexity index is 302. The SMILES string of the molecule is C=CCCC(C)(O)c1ccnn1CC. The van der Waals surface area contributed by atoms with E-state index in [1.165, 1.54) is 0 Å². The third kappa shape index (κ3) is 2.23. The lowest BCUT2D eigenvalue weighted by atomic mass is 9.96. The third-order valence-corrected chi connectivity index (χ3v) is 2.40. The standard InChI is InChI=1S/C11H18N2O/c1-4-6-8-11(3,14)10-7-9-12-13(10)5-2/h4,7,9,14H,1,5-6,8H2,2-3H3. The van der Waals surface area contributed by atoms with Gasteiger partial charge in [0.1, 0.15) is 5.60 Å². The van der Waals surface area contributed by atoms with Gasteiger partial charge in [0, 0.05) is 12.7 Å². The Labute approximate surface area is 85.1 Å². The van der Waals surface area contributed by atoms with Crippen LogP contribution in [0.15, 0.2) is 24.9 Å². The lowest BCUT2D eigenvalue weighted by Gasteiger charge is -2.23. The van der Waals surface area contributed by atoms with Crippen molar-refractivity contribution in [3.63, 3.8) is 0 Å². The van der Waals surface area contributed by atoms with E-state index < -0.39 is 5.60 Å². The molecule has 1 heterocycles. The van der Waals surface area contributed by atoms with Gasteiger partial charge in [-0.1, -0.05) is 6.08 Å². The average Bonchev–Trinajstić information content (AvgIpc) is 2.63. The second-order valence-corrected chi connectivity index (χ2v) is 3.63. The molecule has 0 saturated carbocycles. The van der Waals surface area contributed by atoms with E-state index in [9.17, 15) is 5.11 Å². The summed E-state index contributed by atoms with van der Waals surface area (Å²) in [6, 6.07) is 1.87. The van der Waals surface area contributed by atoms with Crippen LogP contribution < -0.4 is 0 Å². The van der Waals surface area contributed by atoms with Gasteiger partial charge in [0.2, 0.25) is 0 Å². The van der Waals surface area contributed by atoms with Crippen molar-refractivity contribution in [1.29, 1.82) is 0 Å². The summed E-state index contributed by atoms with van der Waals surface area (Å²) in [5.74, 6) is 0. The minimum Gasteiger partial charge on any atom is -0.384 e. The second kappa shape index (κ2) is 4.42. The minimum atomic E-state index is -0.805. The molecule has 0 radical (unpaired) electrons. The van der Waals surface area contributed by atoms with E-state index in [0.29, 0.717) is 6.42 Å². The summed E-state index contributed by atoms with van der Waals surface area (Å²) >= 11 is 0. The number of nitrogens with zero attached hydrogens (tertiary/aromatic N) is 2. The summed E-state index contributed by atoms with van der Waals surface area (Å²) in [5.41, 5.74) is 0.0719. The second-order valence-electron chi connectivity index (χ2n) is 3.63. The van der Waals surface area contributed by atoms with Crippen LogP contribution in [0.2, 0.25) is 0 Å². The Kier molecular flexibility index (Phi) is 3.47. The van der Waals surface area contributed by atoms with E-state index in [2.05, 4.69) is 11.7 Å². The number of hydrogen-bond acceptors (Lipinski definition) is 2. The van der Waals surface area contributed by atoms with E-state index in [4.69, 9.17) is 0 Å². The first-order valence-corrected chi connectivity index (χ1v) is 4.97. The van der Waals surface area contributed by atoms with E-state index in [1.54, 1.807) is 6.20 Å². The predicted octanol–water partition coefficient (Wildman–Crippen LogP) is 2.08. The monoisotopic (exact) mass is 194 g/mol. The van der Waals surface area contributed by atoms with Crippen molar-refractivity contribution >= 4 is 0 Å². The van der Waals surface area contributed by atoms with Crippen molar-refractivity contribution in [2.75, 3.05) is 0 Å². The zero-order chi connectivity index (χ0) is 10.6. The molecule has 0 aromatic carbocycles. The van der Waals surface area contributed by atoms with Crippen LogP contribution in [0.4, 0.5) is 0 Å². The van der Waals surface area contributed by atoms with Crippen LogP contribution >= 0.6 is 0 Å². The highest BCUT2D eigenvalue weighted by molar-refractivity contribution is 5.10. The smallest absolute Gasteiger partial charge is 0.104 e. The van der Waals surface area contributed by atoms with Crippen molar-refractivity contribution in [3.05, 3.63) is 30.6 Å². The third-order valence-electron chi connectivity index (χ3n) is 2.40. The molecule has 1 aromatic rings. The maximum Gasteiger partial charge on any atom is 0.104 e. The highest BCUT2D eigenvalue weighted by Crippen LogP contribution is 2.25. The van der Waals surface area contributed by atoms with Crippen LogP contribution in [0.5, 0.6) is 0 Å². The molecule has 14 heavy (non-hydrogen) atoms. The number of hydrogen-bond donors (Lipinski definition) is 1. The molecule has 1 unspecified atom stereocenters. The van der Waals surface area contributed by atoms with Gasteiger partial charge in [-0.3, -0.25) is 4.68 Å². The maximum atomic E-state index is 10.2. The summed E-state index contributed by atoms with van der Waals surface area (Å²) < 4.78 is 1.82. The van der Waals surface area contributed by atoms with E-state index in [1.807, 2.05) is 30.7 Å². The van der Waals surface area contributed by atoms with E-state index in [-0.39, 0.29) is 0 Å². The molecule has 3 nitrogen and oxygen atoms in total. The van der Waals surface area contributed by atoms with Crippen LogP contribution in [0.3, 0.4) is 0 Å². The van der Waals surface area contributed by atoms with Crippen LogP contribution in [0.25, 0.3) is 0 Å². The maximum absolute atomic E-state index is 10.2. The summed E-state index contributed by atoms with van der Waals surface area (Å²) in [6.07, 6.45) is 5.03. The Morgan fingerprint density at radius 2 is 2.43 bits per heavy atom. The lowest BCUT2D eigenvalue weighted by Crippen LogP contribution is -2.25. The molecular weight excluding hydrogens is 176 g/mol. The Hall–Kier alpha value is -1.09. The number of aromatic nitrogens is 2. The number of rotatable bonds is 5. The number of allylic oxidation sites excluding steroid dienone is 1. The molecule has 1 atom stereocenters.